The molecule has 0 spiro atoms. The summed E-state index contributed by atoms with van der Waals surface area (Å²) in [4.78, 5) is 20.9. The summed E-state index contributed by atoms with van der Waals surface area (Å²) in [5.74, 6) is -0.389. The highest BCUT2D eigenvalue weighted by Crippen LogP contribution is 2.33. The van der Waals surface area contributed by atoms with Gasteiger partial charge in [-0.1, -0.05) is 17.7 Å². The molecule has 0 unspecified atom stereocenters. The summed E-state index contributed by atoms with van der Waals surface area (Å²) < 4.78 is 38.6. The molecule has 1 aromatic heterocycles. The predicted octanol–water partition coefficient (Wildman–Crippen LogP) is 3.82. The Balaban J connectivity index is 1.51. The average Bonchev–Trinajstić information content (AvgIpc) is 2.66. The van der Waals surface area contributed by atoms with E-state index in [9.17, 15) is 18.0 Å². The largest absolute Gasteiger partial charge is 0.416 e. The molecule has 3 rings (SSSR count). The molecule has 0 bridgehead atoms. The second kappa shape index (κ2) is 9.11. The first-order valence-electron chi connectivity index (χ1n) is 9.24. The van der Waals surface area contributed by atoms with Crippen molar-refractivity contribution in [2.45, 2.75) is 19.6 Å². The standard InChI is InChI=1S/C20H22ClF3N4O/c1-14-3-2-6-25-18(14)12-27-7-9-28(10-8-27)13-19(29)26-17-11-15(20(22,23)24)4-5-16(17)21/h2-6,11H,7-10,12-13H2,1H3,(H,26,29). The van der Waals surface area contributed by atoms with Crippen LogP contribution in [-0.4, -0.2) is 53.4 Å². The van der Waals surface area contributed by atoms with Crippen molar-refractivity contribution in [2.75, 3.05) is 38.0 Å². The molecule has 0 radical (unpaired) electrons. The fourth-order valence-electron chi connectivity index (χ4n) is 3.19. The number of piperazine rings is 1. The second-order valence-corrected chi connectivity index (χ2v) is 7.47. The van der Waals surface area contributed by atoms with Crippen molar-refractivity contribution in [1.82, 2.24) is 14.8 Å². The first-order valence-corrected chi connectivity index (χ1v) is 9.62. The van der Waals surface area contributed by atoms with Gasteiger partial charge in [-0.25, -0.2) is 0 Å². The third-order valence-corrected chi connectivity index (χ3v) is 5.22. The van der Waals surface area contributed by atoms with E-state index in [1.807, 2.05) is 24.0 Å². The van der Waals surface area contributed by atoms with Crippen molar-refractivity contribution in [3.8, 4) is 0 Å². The zero-order chi connectivity index (χ0) is 21.0. The molecular formula is C20H22ClF3N4O. The van der Waals surface area contributed by atoms with E-state index in [1.165, 1.54) is 0 Å². The molecule has 5 nitrogen and oxygen atoms in total. The van der Waals surface area contributed by atoms with Crippen LogP contribution in [-0.2, 0) is 17.5 Å². The number of amides is 1. The molecule has 0 saturated carbocycles. The van der Waals surface area contributed by atoms with Gasteiger partial charge in [-0.3, -0.25) is 19.6 Å². The Hall–Kier alpha value is -2.16. The summed E-state index contributed by atoms with van der Waals surface area (Å²) in [5.41, 5.74) is 1.30. The van der Waals surface area contributed by atoms with Crippen molar-refractivity contribution < 1.29 is 18.0 Å². The smallest absolute Gasteiger partial charge is 0.324 e. The highest BCUT2D eigenvalue weighted by molar-refractivity contribution is 6.33. The fourth-order valence-corrected chi connectivity index (χ4v) is 3.36. The zero-order valence-electron chi connectivity index (χ0n) is 16.0. The number of benzene rings is 1. The molecule has 2 aromatic rings. The van der Waals surface area contributed by atoms with Gasteiger partial charge in [0.15, 0.2) is 0 Å². The van der Waals surface area contributed by atoms with Gasteiger partial charge in [-0.2, -0.15) is 13.2 Å². The Bertz CT molecular complexity index is 867. The number of hydrogen-bond donors (Lipinski definition) is 1. The van der Waals surface area contributed by atoms with E-state index in [0.717, 1.165) is 49.1 Å². The Morgan fingerprint density at radius 2 is 1.86 bits per heavy atom. The quantitative estimate of drug-likeness (QED) is 0.789. The van der Waals surface area contributed by atoms with Gasteiger partial charge >= 0.3 is 6.18 Å². The molecule has 1 aromatic carbocycles. The minimum Gasteiger partial charge on any atom is -0.324 e. The SMILES string of the molecule is Cc1cccnc1CN1CCN(CC(=O)Nc2cc(C(F)(F)F)ccc2Cl)CC1. The number of carbonyl (C=O) groups excluding carboxylic acids is 1. The number of pyridine rings is 1. The maximum Gasteiger partial charge on any atom is 0.416 e. The molecule has 9 heteroatoms. The van der Waals surface area contributed by atoms with E-state index < -0.39 is 11.7 Å². The second-order valence-electron chi connectivity index (χ2n) is 7.06. The Labute approximate surface area is 172 Å². The molecule has 29 heavy (non-hydrogen) atoms. The van der Waals surface area contributed by atoms with Crippen molar-refractivity contribution in [3.05, 3.63) is 58.4 Å². The number of carbonyl (C=O) groups is 1. The van der Waals surface area contributed by atoms with Gasteiger partial charge in [0, 0.05) is 38.9 Å². The Morgan fingerprint density at radius 3 is 2.52 bits per heavy atom. The van der Waals surface area contributed by atoms with Gasteiger partial charge in [0.2, 0.25) is 5.91 Å². The van der Waals surface area contributed by atoms with Crippen LogP contribution in [0.5, 0.6) is 0 Å². The average molecular weight is 427 g/mol. The van der Waals surface area contributed by atoms with Crippen molar-refractivity contribution in [3.63, 3.8) is 0 Å². The molecule has 1 N–H and O–H groups in total. The van der Waals surface area contributed by atoms with Gasteiger partial charge in [-0.05, 0) is 36.8 Å². The van der Waals surface area contributed by atoms with E-state index in [-0.39, 0.29) is 23.2 Å². The summed E-state index contributed by atoms with van der Waals surface area (Å²) in [6.07, 6.45) is -2.71. The van der Waals surface area contributed by atoms with Gasteiger partial charge in [0.1, 0.15) is 0 Å². The van der Waals surface area contributed by atoms with E-state index in [0.29, 0.717) is 13.1 Å². The monoisotopic (exact) mass is 426 g/mol. The van der Waals surface area contributed by atoms with Crippen LogP contribution in [0, 0.1) is 6.92 Å². The van der Waals surface area contributed by atoms with Gasteiger partial charge in [0.05, 0.1) is 28.5 Å². The maximum atomic E-state index is 12.9. The lowest BCUT2D eigenvalue weighted by molar-refractivity contribution is -0.137. The van der Waals surface area contributed by atoms with Crippen LogP contribution in [0.1, 0.15) is 16.8 Å². The number of anilines is 1. The summed E-state index contributed by atoms with van der Waals surface area (Å²) in [7, 11) is 0. The van der Waals surface area contributed by atoms with Crippen LogP contribution in [0.2, 0.25) is 5.02 Å². The fraction of sp³-hybridized carbons (Fsp3) is 0.400. The molecule has 1 aliphatic heterocycles. The van der Waals surface area contributed by atoms with Gasteiger partial charge in [-0.15, -0.1) is 0 Å². The third kappa shape index (κ3) is 5.91. The summed E-state index contributed by atoms with van der Waals surface area (Å²) >= 11 is 5.93. The predicted molar refractivity (Wildman–Crippen MR) is 106 cm³/mol. The minimum atomic E-state index is -4.49. The number of aryl methyl sites for hydroxylation is 1. The molecule has 2 heterocycles. The number of aromatic nitrogens is 1. The molecule has 1 fully saturated rings. The molecule has 156 valence electrons. The van der Waals surface area contributed by atoms with E-state index in [2.05, 4.69) is 15.2 Å². The maximum absolute atomic E-state index is 12.9. The molecule has 1 amide bonds. The summed E-state index contributed by atoms with van der Waals surface area (Å²) in [6.45, 7) is 5.84. The van der Waals surface area contributed by atoms with Crippen LogP contribution < -0.4 is 5.32 Å². The highest BCUT2D eigenvalue weighted by Gasteiger charge is 2.31. The van der Waals surface area contributed by atoms with E-state index in [1.54, 1.807) is 6.20 Å². The lowest BCUT2D eigenvalue weighted by Crippen LogP contribution is -2.48. The van der Waals surface area contributed by atoms with Gasteiger partial charge < -0.3 is 5.32 Å². The summed E-state index contributed by atoms with van der Waals surface area (Å²) in [5, 5.41) is 2.56. The number of hydrogen-bond acceptors (Lipinski definition) is 4. The zero-order valence-corrected chi connectivity index (χ0v) is 16.7. The summed E-state index contributed by atoms with van der Waals surface area (Å²) in [6, 6.07) is 6.82. The number of nitrogens with one attached hydrogen (secondary N) is 1. The normalized spacial score (nSPS) is 16.0. The number of rotatable bonds is 5. The van der Waals surface area contributed by atoms with Crippen LogP contribution >= 0.6 is 11.6 Å². The Kier molecular flexibility index (Phi) is 6.77. The molecule has 1 aliphatic rings. The first kappa shape index (κ1) is 21.5. The molecular weight excluding hydrogens is 405 g/mol. The van der Waals surface area contributed by atoms with Crippen molar-refractivity contribution in [2.24, 2.45) is 0 Å². The van der Waals surface area contributed by atoms with Gasteiger partial charge in [0.25, 0.3) is 0 Å². The van der Waals surface area contributed by atoms with Crippen LogP contribution in [0.15, 0.2) is 36.5 Å². The topological polar surface area (TPSA) is 48.5 Å². The highest BCUT2D eigenvalue weighted by atomic mass is 35.5. The minimum absolute atomic E-state index is 0.0317. The number of alkyl halides is 3. The van der Waals surface area contributed by atoms with E-state index in [4.69, 9.17) is 11.6 Å². The van der Waals surface area contributed by atoms with Crippen molar-refractivity contribution >= 4 is 23.2 Å². The van der Waals surface area contributed by atoms with E-state index >= 15 is 0 Å². The molecule has 0 aliphatic carbocycles. The third-order valence-electron chi connectivity index (χ3n) is 4.89. The lowest BCUT2D eigenvalue weighted by atomic mass is 10.2. The molecule has 0 atom stereocenters. The first-order chi connectivity index (χ1) is 13.7. The lowest BCUT2D eigenvalue weighted by Gasteiger charge is -2.34. The van der Waals surface area contributed by atoms with Crippen LogP contribution in [0.3, 0.4) is 0 Å². The van der Waals surface area contributed by atoms with Crippen molar-refractivity contribution in [1.29, 1.82) is 0 Å². The number of halogens is 4. The Morgan fingerprint density at radius 1 is 1.17 bits per heavy atom. The number of nitrogens with zero attached hydrogens (tertiary/aromatic N) is 3. The van der Waals surface area contributed by atoms with Crippen LogP contribution in [0.25, 0.3) is 0 Å². The van der Waals surface area contributed by atoms with Crippen LogP contribution in [0.4, 0.5) is 18.9 Å². The molecule has 1 saturated heterocycles.